The van der Waals surface area contributed by atoms with Crippen LogP contribution in [-0.2, 0) is 14.8 Å². The van der Waals surface area contributed by atoms with Crippen molar-refractivity contribution in [2.24, 2.45) is 0 Å². The van der Waals surface area contributed by atoms with Gasteiger partial charge in [-0.05, 0) is 50.1 Å². The van der Waals surface area contributed by atoms with Gasteiger partial charge >= 0.3 is 0 Å². The standard InChI is InChI=1S/C19H21N3O3S2/c1-5-17(23)20-19-21-18-13(4)9-14(10-15(18)26-19)22-27(24,25)16-7-6-11(2)8-12(16)3/h6-10,22H,5H2,1-4H3,(H,20,21,23). The van der Waals surface area contributed by atoms with E-state index in [0.29, 0.717) is 22.8 Å². The van der Waals surface area contributed by atoms with E-state index in [1.165, 1.54) is 11.3 Å². The number of nitrogens with one attached hydrogen (secondary N) is 2. The summed E-state index contributed by atoms with van der Waals surface area (Å²) in [5.41, 5.74) is 3.76. The smallest absolute Gasteiger partial charge is 0.262 e. The minimum absolute atomic E-state index is 0.109. The van der Waals surface area contributed by atoms with Gasteiger partial charge in [0.15, 0.2) is 5.13 Å². The lowest BCUT2D eigenvalue weighted by Crippen LogP contribution is -2.14. The Morgan fingerprint density at radius 3 is 2.52 bits per heavy atom. The molecule has 8 heteroatoms. The van der Waals surface area contributed by atoms with Gasteiger partial charge in [-0.3, -0.25) is 9.52 Å². The Morgan fingerprint density at radius 1 is 1.11 bits per heavy atom. The summed E-state index contributed by atoms with van der Waals surface area (Å²) in [5.74, 6) is -0.109. The highest BCUT2D eigenvalue weighted by Gasteiger charge is 2.18. The minimum atomic E-state index is -3.70. The Balaban J connectivity index is 1.96. The molecule has 3 rings (SSSR count). The maximum Gasteiger partial charge on any atom is 0.262 e. The molecule has 27 heavy (non-hydrogen) atoms. The van der Waals surface area contributed by atoms with E-state index in [4.69, 9.17) is 0 Å². The number of thiazole rings is 1. The van der Waals surface area contributed by atoms with Crippen LogP contribution in [0, 0.1) is 20.8 Å². The normalized spacial score (nSPS) is 11.6. The van der Waals surface area contributed by atoms with E-state index < -0.39 is 10.0 Å². The number of rotatable bonds is 5. The molecule has 0 bridgehead atoms. The van der Waals surface area contributed by atoms with Gasteiger partial charge in [0.2, 0.25) is 5.91 Å². The van der Waals surface area contributed by atoms with Crippen molar-refractivity contribution in [3.63, 3.8) is 0 Å². The van der Waals surface area contributed by atoms with Crippen LogP contribution in [0.15, 0.2) is 35.2 Å². The van der Waals surface area contributed by atoms with Crippen molar-refractivity contribution in [2.75, 3.05) is 10.0 Å². The van der Waals surface area contributed by atoms with Gasteiger partial charge in [0, 0.05) is 6.42 Å². The van der Waals surface area contributed by atoms with Gasteiger partial charge in [0.05, 0.1) is 20.8 Å². The van der Waals surface area contributed by atoms with E-state index in [9.17, 15) is 13.2 Å². The zero-order valence-electron chi connectivity index (χ0n) is 15.6. The zero-order chi connectivity index (χ0) is 19.8. The van der Waals surface area contributed by atoms with Crippen LogP contribution < -0.4 is 10.0 Å². The largest absolute Gasteiger partial charge is 0.302 e. The molecule has 0 spiro atoms. The fourth-order valence-electron chi connectivity index (χ4n) is 2.83. The van der Waals surface area contributed by atoms with Crippen LogP contribution in [0.2, 0.25) is 0 Å². The number of nitrogens with zero attached hydrogens (tertiary/aromatic N) is 1. The molecule has 6 nitrogen and oxygen atoms in total. The monoisotopic (exact) mass is 403 g/mol. The highest BCUT2D eigenvalue weighted by molar-refractivity contribution is 7.92. The number of hydrogen-bond acceptors (Lipinski definition) is 5. The first-order chi connectivity index (χ1) is 12.7. The summed E-state index contributed by atoms with van der Waals surface area (Å²) >= 11 is 1.32. The summed E-state index contributed by atoms with van der Waals surface area (Å²) in [7, 11) is -3.70. The summed E-state index contributed by atoms with van der Waals surface area (Å²) in [6.45, 7) is 7.34. The third-order valence-corrected chi connectivity index (χ3v) is 6.58. The minimum Gasteiger partial charge on any atom is -0.302 e. The van der Waals surface area contributed by atoms with Gasteiger partial charge in [-0.25, -0.2) is 13.4 Å². The third kappa shape index (κ3) is 4.12. The first kappa shape index (κ1) is 19.3. The Kier molecular flexibility index (Phi) is 5.21. The van der Waals surface area contributed by atoms with Gasteiger partial charge in [0.1, 0.15) is 0 Å². The van der Waals surface area contributed by atoms with Crippen molar-refractivity contribution in [1.29, 1.82) is 0 Å². The second kappa shape index (κ2) is 7.28. The molecule has 142 valence electrons. The number of benzene rings is 2. The Bertz CT molecular complexity index is 1130. The predicted molar refractivity (Wildman–Crippen MR) is 110 cm³/mol. The van der Waals surface area contributed by atoms with Crippen LogP contribution in [0.5, 0.6) is 0 Å². The first-order valence-corrected chi connectivity index (χ1v) is 10.8. The number of sulfonamides is 1. The predicted octanol–water partition coefficient (Wildman–Crippen LogP) is 4.37. The summed E-state index contributed by atoms with van der Waals surface area (Å²) in [5, 5.41) is 3.25. The third-order valence-electron chi connectivity index (χ3n) is 4.13. The van der Waals surface area contributed by atoms with Crippen LogP contribution in [0.25, 0.3) is 10.2 Å². The van der Waals surface area contributed by atoms with Gasteiger partial charge in [-0.15, -0.1) is 0 Å². The number of anilines is 2. The highest BCUT2D eigenvalue weighted by atomic mass is 32.2. The molecule has 2 aromatic carbocycles. The van der Waals surface area contributed by atoms with Gasteiger partial charge in [0.25, 0.3) is 10.0 Å². The fraction of sp³-hybridized carbons (Fsp3) is 0.263. The average molecular weight is 404 g/mol. The molecule has 0 radical (unpaired) electrons. The zero-order valence-corrected chi connectivity index (χ0v) is 17.2. The summed E-state index contributed by atoms with van der Waals surface area (Å²) in [6, 6.07) is 8.72. The maximum atomic E-state index is 12.8. The highest BCUT2D eigenvalue weighted by Crippen LogP contribution is 2.32. The van der Waals surface area contributed by atoms with Crippen molar-refractivity contribution in [3.05, 3.63) is 47.0 Å². The van der Waals surface area contributed by atoms with Crippen LogP contribution in [0.1, 0.15) is 30.0 Å². The topological polar surface area (TPSA) is 88.2 Å². The number of aromatic nitrogens is 1. The Morgan fingerprint density at radius 2 is 1.85 bits per heavy atom. The van der Waals surface area contributed by atoms with E-state index in [-0.39, 0.29) is 10.8 Å². The van der Waals surface area contributed by atoms with Crippen molar-refractivity contribution >= 4 is 48.3 Å². The molecule has 1 heterocycles. The molecule has 0 aliphatic rings. The second-order valence-electron chi connectivity index (χ2n) is 6.44. The first-order valence-electron chi connectivity index (χ1n) is 8.50. The summed E-state index contributed by atoms with van der Waals surface area (Å²) in [4.78, 5) is 16.3. The maximum absolute atomic E-state index is 12.8. The SMILES string of the molecule is CCC(=O)Nc1nc2c(C)cc(NS(=O)(=O)c3ccc(C)cc3C)cc2s1. The van der Waals surface area contributed by atoms with Gasteiger partial charge in [-0.2, -0.15) is 0 Å². The molecule has 0 aliphatic carbocycles. The number of amides is 1. The van der Waals surface area contributed by atoms with E-state index in [1.807, 2.05) is 19.9 Å². The van der Waals surface area contributed by atoms with E-state index >= 15 is 0 Å². The molecular weight excluding hydrogens is 382 g/mol. The number of fused-ring (bicyclic) bond motifs is 1. The quantitative estimate of drug-likeness (QED) is 0.662. The van der Waals surface area contributed by atoms with E-state index in [1.54, 1.807) is 38.1 Å². The molecule has 0 saturated carbocycles. The molecule has 0 unspecified atom stereocenters. The van der Waals surface area contributed by atoms with E-state index in [2.05, 4.69) is 15.0 Å². The average Bonchev–Trinajstić information content (AvgIpc) is 2.96. The lowest BCUT2D eigenvalue weighted by atomic mass is 10.2. The molecule has 1 aromatic heterocycles. The Hall–Kier alpha value is -2.45. The number of carbonyl (C=O) groups excluding carboxylic acids is 1. The Labute approximate surface area is 162 Å². The molecule has 0 aliphatic heterocycles. The molecule has 0 saturated heterocycles. The number of carbonyl (C=O) groups is 1. The van der Waals surface area contributed by atoms with Crippen LogP contribution >= 0.6 is 11.3 Å². The summed E-state index contributed by atoms with van der Waals surface area (Å²) in [6.07, 6.45) is 0.371. The van der Waals surface area contributed by atoms with Crippen molar-refractivity contribution < 1.29 is 13.2 Å². The summed E-state index contributed by atoms with van der Waals surface area (Å²) < 4.78 is 29.0. The lowest BCUT2D eigenvalue weighted by Gasteiger charge is -2.11. The van der Waals surface area contributed by atoms with Crippen LogP contribution in [-0.4, -0.2) is 19.3 Å². The molecule has 3 aromatic rings. The van der Waals surface area contributed by atoms with E-state index in [0.717, 1.165) is 21.3 Å². The number of hydrogen-bond donors (Lipinski definition) is 2. The fourth-order valence-corrected chi connectivity index (χ4v) is 5.10. The van der Waals surface area contributed by atoms with Gasteiger partial charge < -0.3 is 5.32 Å². The van der Waals surface area contributed by atoms with Crippen molar-refractivity contribution in [2.45, 2.75) is 39.0 Å². The number of aryl methyl sites for hydroxylation is 3. The molecule has 0 fully saturated rings. The van der Waals surface area contributed by atoms with Gasteiger partial charge in [-0.1, -0.05) is 36.0 Å². The molecular formula is C19H21N3O3S2. The lowest BCUT2D eigenvalue weighted by molar-refractivity contribution is -0.115. The van der Waals surface area contributed by atoms with Crippen LogP contribution in [0.4, 0.5) is 10.8 Å². The van der Waals surface area contributed by atoms with Crippen molar-refractivity contribution in [3.8, 4) is 0 Å². The molecule has 0 atom stereocenters. The van der Waals surface area contributed by atoms with Crippen molar-refractivity contribution in [1.82, 2.24) is 4.98 Å². The van der Waals surface area contributed by atoms with Crippen LogP contribution in [0.3, 0.4) is 0 Å². The molecule has 2 N–H and O–H groups in total. The molecule has 1 amide bonds. The second-order valence-corrected chi connectivity index (χ2v) is 9.12.